The molecule has 0 aromatic heterocycles. The second-order valence-electron chi connectivity index (χ2n) is 7.31. The smallest absolute Gasteiger partial charge is 0.133 e. The first kappa shape index (κ1) is 16.8. The summed E-state index contributed by atoms with van der Waals surface area (Å²) in [5.41, 5.74) is 0. The van der Waals surface area contributed by atoms with Gasteiger partial charge >= 0.3 is 0 Å². The van der Waals surface area contributed by atoms with Crippen LogP contribution in [0.25, 0.3) is 0 Å². The third-order valence-electron chi connectivity index (χ3n) is 5.28. The molecule has 1 saturated carbocycles. The molecular formula is C20H34O. The molecule has 2 aliphatic carbocycles. The summed E-state index contributed by atoms with van der Waals surface area (Å²) in [4.78, 5) is 12.0. The first-order valence-electron chi connectivity index (χ1n) is 9.54. The minimum Gasteiger partial charge on any atom is -0.300 e. The van der Waals surface area contributed by atoms with Gasteiger partial charge in [0, 0.05) is 12.8 Å². The average molecular weight is 290 g/mol. The summed E-state index contributed by atoms with van der Waals surface area (Å²) < 4.78 is 0. The number of rotatable bonds is 0. The molecule has 2 atom stereocenters. The quantitative estimate of drug-likeness (QED) is 0.484. The predicted octanol–water partition coefficient (Wildman–Crippen LogP) is 6.22. The average Bonchev–Trinajstić information content (AvgIpc) is 2.90. The first-order chi connectivity index (χ1) is 10.3. The van der Waals surface area contributed by atoms with Crippen molar-refractivity contribution < 1.29 is 4.79 Å². The monoisotopic (exact) mass is 290 g/mol. The third-order valence-corrected chi connectivity index (χ3v) is 5.28. The van der Waals surface area contributed by atoms with E-state index in [0.717, 1.165) is 25.2 Å². The standard InChI is InChI=1S/C20H34O/c21-20-13-11-9-7-5-3-1-2-4-6-8-10-12-18-14-15-19(16-18)17-20/h14-15,18-19H,1-13,16-17H2. The van der Waals surface area contributed by atoms with Gasteiger partial charge in [0.05, 0.1) is 0 Å². The Hall–Kier alpha value is -0.590. The van der Waals surface area contributed by atoms with Crippen molar-refractivity contribution in [3.63, 3.8) is 0 Å². The Kier molecular flexibility index (Phi) is 8.14. The Morgan fingerprint density at radius 1 is 0.667 bits per heavy atom. The molecule has 0 aromatic carbocycles. The summed E-state index contributed by atoms with van der Waals surface area (Å²) in [6.07, 6.45) is 24.0. The molecule has 0 aliphatic heterocycles. The summed E-state index contributed by atoms with van der Waals surface area (Å²) in [6, 6.07) is 0. The van der Waals surface area contributed by atoms with Crippen LogP contribution >= 0.6 is 0 Å². The van der Waals surface area contributed by atoms with Crippen LogP contribution < -0.4 is 0 Å². The molecule has 0 amide bonds. The van der Waals surface area contributed by atoms with Crippen molar-refractivity contribution in [2.75, 3.05) is 0 Å². The number of allylic oxidation sites excluding steroid dienone is 2. The molecule has 2 aliphatic rings. The van der Waals surface area contributed by atoms with Crippen molar-refractivity contribution in [2.24, 2.45) is 11.8 Å². The van der Waals surface area contributed by atoms with Crippen molar-refractivity contribution in [3.05, 3.63) is 12.2 Å². The van der Waals surface area contributed by atoms with Crippen LogP contribution in [-0.2, 0) is 4.79 Å². The molecule has 0 spiro atoms. The molecule has 1 fully saturated rings. The van der Waals surface area contributed by atoms with Crippen LogP contribution in [0.1, 0.15) is 96.3 Å². The minimum absolute atomic E-state index is 0.506. The largest absolute Gasteiger partial charge is 0.300 e. The van der Waals surface area contributed by atoms with Gasteiger partial charge in [-0.05, 0) is 31.1 Å². The second kappa shape index (κ2) is 10.2. The summed E-state index contributed by atoms with van der Waals surface area (Å²) in [6.45, 7) is 0. The van der Waals surface area contributed by atoms with Crippen LogP contribution in [0.3, 0.4) is 0 Å². The Morgan fingerprint density at radius 2 is 1.19 bits per heavy atom. The number of fused-ring (bicyclic) bond motifs is 2. The van der Waals surface area contributed by atoms with E-state index in [1.807, 2.05) is 0 Å². The maximum atomic E-state index is 12.0. The summed E-state index contributed by atoms with van der Waals surface area (Å²) in [5.74, 6) is 1.83. The van der Waals surface area contributed by atoms with Crippen molar-refractivity contribution >= 4 is 5.78 Å². The number of carbonyl (C=O) groups excluding carboxylic acids is 1. The normalized spacial score (nSPS) is 30.8. The molecule has 1 nitrogen and oxygen atoms in total. The number of hydrogen-bond acceptors (Lipinski definition) is 1. The SMILES string of the molecule is O=C1CCCCCCCCCCCCCC2C=CC(C1)C2. The summed E-state index contributed by atoms with van der Waals surface area (Å²) in [5, 5.41) is 0. The minimum atomic E-state index is 0.506. The van der Waals surface area contributed by atoms with Gasteiger partial charge < -0.3 is 0 Å². The predicted molar refractivity (Wildman–Crippen MR) is 90.4 cm³/mol. The Morgan fingerprint density at radius 3 is 1.86 bits per heavy atom. The Bertz CT molecular complexity index is 318. The third kappa shape index (κ3) is 7.29. The molecule has 0 N–H and O–H groups in total. The molecule has 2 unspecified atom stereocenters. The molecular weight excluding hydrogens is 256 g/mol. The van der Waals surface area contributed by atoms with Crippen LogP contribution in [0.5, 0.6) is 0 Å². The van der Waals surface area contributed by atoms with E-state index in [1.165, 1.54) is 77.0 Å². The van der Waals surface area contributed by atoms with E-state index in [4.69, 9.17) is 0 Å². The van der Waals surface area contributed by atoms with E-state index in [0.29, 0.717) is 11.7 Å². The number of Topliss-reactive ketones (excluding diaryl/α,β-unsaturated/α-hetero) is 1. The number of hydrogen-bond donors (Lipinski definition) is 0. The zero-order valence-electron chi connectivity index (χ0n) is 13.8. The highest BCUT2D eigenvalue weighted by Gasteiger charge is 2.20. The maximum Gasteiger partial charge on any atom is 0.133 e. The van der Waals surface area contributed by atoms with Crippen LogP contribution in [0.2, 0.25) is 0 Å². The van der Waals surface area contributed by atoms with E-state index in [1.54, 1.807) is 0 Å². The lowest BCUT2D eigenvalue weighted by molar-refractivity contribution is -0.119. The lowest BCUT2D eigenvalue weighted by atomic mass is 9.93. The zero-order valence-corrected chi connectivity index (χ0v) is 13.8. The van der Waals surface area contributed by atoms with E-state index in [2.05, 4.69) is 12.2 Å². The van der Waals surface area contributed by atoms with Gasteiger partial charge in [-0.3, -0.25) is 4.79 Å². The fraction of sp³-hybridized carbons (Fsp3) is 0.850. The molecule has 2 bridgehead atoms. The van der Waals surface area contributed by atoms with Crippen molar-refractivity contribution in [2.45, 2.75) is 96.3 Å². The molecule has 2 rings (SSSR count). The van der Waals surface area contributed by atoms with E-state index < -0.39 is 0 Å². The van der Waals surface area contributed by atoms with Crippen LogP contribution in [0, 0.1) is 11.8 Å². The van der Waals surface area contributed by atoms with Gasteiger partial charge in [-0.15, -0.1) is 0 Å². The van der Waals surface area contributed by atoms with Gasteiger partial charge in [-0.2, -0.15) is 0 Å². The first-order valence-corrected chi connectivity index (χ1v) is 9.54. The van der Waals surface area contributed by atoms with Gasteiger partial charge in [0.25, 0.3) is 0 Å². The lowest BCUT2D eigenvalue weighted by Crippen LogP contribution is -2.06. The fourth-order valence-electron chi connectivity index (χ4n) is 3.94. The highest BCUT2D eigenvalue weighted by atomic mass is 16.1. The molecule has 0 heterocycles. The molecule has 0 saturated heterocycles. The summed E-state index contributed by atoms with van der Waals surface area (Å²) in [7, 11) is 0. The Labute approximate surface area is 131 Å². The number of carbonyl (C=O) groups is 1. The topological polar surface area (TPSA) is 17.1 Å². The van der Waals surface area contributed by atoms with Crippen LogP contribution in [0.4, 0.5) is 0 Å². The highest BCUT2D eigenvalue weighted by Crippen LogP contribution is 2.30. The van der Waals surface area contributed by atoms with Crippen molar-refractivity contribution in [3.8, 4) is 0 Å². The summed E-state index contributed by atoms with van der Waals surface area (Å²) >= 11 is 0. The highest BCUT2D eigenvalue weighted by molar-refractivity contribution is 5.78. The zero-order chi connectivity index (χ0) is 14.8. The van der Waals surface area contributed by atoms with Crippen LogP contribution in [0.15, 0.2) is 12.2 Å². The Balaban J connectivity index is 1.71. The van der Waals surface area contributed by atoms with E-state index >= 15 is 0 Å². The van der Waals surface area contributed by atoms with Gasteiger partial charge in [0.15, 0.2) is 0 Å². The second-order valence-corrected chi connectivity index (χ2v) is 7.31. The van der Waals surface area contributed by atoms with E-state index in [-0.39, 0.29) is 0 Å². The van der Waals surface area contributed by atoms with E-state index in [9.17, 15) is 4.79 Å². The molecule has 0 aromatic rings. The molecule has 120 valence electrons. The van der Waals surface area contributed by atoms with Crippen LogP contribution in [-0.4, -0.2) is 5.78 Å². The van der Waals surface area contributed by atoms with Gasteiger partial charge in [0.2, 0.25) is 0 Å². The van der Waals surface area contributed by atoms with Gasteiger partial charge in [0.1, 0.15) is 5.78 Å². The maximum absolute atomic E-state index is 12.0. The molecule has 0 radical (unpaired) electrons. The van der Waals surface area contributed by atoms with Gasteiger partial charge in [-0.1, -0.05) is 76.4 Å². The fourth-order valence-corrected chi connectivity index (χ4v) is 3.94. The number of ketones is 1. The van der Waals surface area contributed by atoms with Crippen molar-refractivity contribution in [1.29, 1.82) is 0 Å². The van der Waals surface area contributed by atoms with Gasteiger partial charge in [-0.25, -0.2) is 0 Å². The van der Waals surface area contributed by atoms with Crippen molar-refractivity contribution in [1.82, 2.24) is 0 Å². The molecule has 1 heteroatoms. The molecule has 21 heavy (non-hydrogen) atoms. The lowest BCUT2D eigenvalue weighted by Gasteiger charge is -2.12.